The molecular formula is C13H24N2O3. The molecule has 1 unspecified atom stereocenters. The average molecular weight is 256 g/mol. The van der Waals surface area contributed by atoms with Crippen molar-refractivity contribution in [3.63, 3.8) is 0 Å². The van der Waals surface area contributed by atoms with Crippen LogP contribution >= 0.6 is 0 Å². The van der Waals surface area contributed by atoms with Gasteiger partial charge in [-0.25, -0.2) is 0 Å². The highest BCUT2D eigenvalue weighted by molar-refractivity contribution is 5.81. The molecule has 1 atom stereocenters. The zero-order valence-corrected chi connectivity index (χ0v) is 11.6. The van der Waals surface area contributed by atoms with Crippen molar-refractivity contribution < 1.29 is 14.3 Å². The van der Waals surface area contributed by atoms with Crippen molar-refractivity contribution in [1.82, 2.24) is 9.80 Å². The van der Waals surface area contributed by atoms with Crippen molar-refractivity contribution in [1.29, 1.82) is 0 Å². The van der Waals surface area contributed by atoms with Crippen LogP contribution in [0.2, 0.25) is 0 Å². The number of carbonyl (C=O) groups is 2. The highest BCUT2D eigenvalue weighted by Gasteiger charge is 2.27. The van der Waals surface area contributed by atoms with Gasteiger partial charge in [-0.05, 0) is 26.3 Å². The monoisotopic (exact) mass is 256 g/mol. The number of nitrogens with zero attached hydrogens (tertiary/aromatic N) is 2. The van der Waals surface area contributed by atoms with Gasteiger partial charge in [0, 0.05) is 19.6 Å². The normalized spacial score (nSPS) is 17.0. The Morgan fingerprint density at radius 2 is 1.94 bits per heavy atom. The maximum absolute atomic E-state index is 12.2. The van der Waals surface area contributed by atoms with Crippen molar-refractivity contribution in [3.8, 4) is 0 Å². The Hall–Kier alpha value is -1.10. The van der Waals surface area contributed by atoms with Crippen LogP contribution in [0.1, 0.15) is 33.1 Å². The van der Waals surface area contributed by atoms with Gasteiger partial charge in [0.25, 0.3) is 0 Å². The Morgan fingerprint density at radius 1 is 1.33 bits per heavy atom. The maximum atomic E-state index is 12.2. The first-order chi connectivity index (χ1) is 8.60. The number of methoxy groups -OCH3 is 1. The molecule has 0 spiro atoms. The van der Waals surface area contributed by atoms with E-state index in [1.54, 1.807) is 0 Å². The Balaban J connectivity index is 2.47. The van der Waals surface area contributed by atoms with Crippen LogP contribution in [0.4, 0.5) is 0 Å². The third-order valence-corrected chi connectivity index (χ3v) is 3.56. The quantitative estimate of drug-likeness (QED) is 0.662. The zero-order valence-electron chi connectivity index (χ0n) is 11.6. The lowest BCUT2D eigenvalue weighted by atomic mass is 10.2. The predicted octanol–water partition coefficient (Wildman–Crippen LogP) is 0.882. The second kappa shape index (κ2) is 7.36. The number of hydrogen-bond acceptors (Lipinski definition) is 4. The number of rotatable bonds is 6. The van der Waals surface area contributed by atoms with Crippen molar-refractivity contribution >= 4 is 11.9 Å². The summed E-state index contributed by atoms with van der Waals surface area (Å²) in [5.41, 5.74) is 0. The van der Waals surface area contributed by atoms with Gasteiger partial charge < -0.3 is 9.64 Å². The first-order valence-electron chi connectivity index (χ1n) is 6.69. The summed E-state index contributed by atoms with van der Waals surface area (Å²) in [4.78, 5) is 27.3. The molecule has 0 aromatic rings. The van der Waals surface area contributed by atoms with Crippen molar-refractivity contribution in [2.24, 2.45) is 0 Å². The molecule has 5 heteroatoms. The molecule has 1 fully saturated rings. The second-order valence-corrected chi connectivity index (χ2v) is 4.66. The van der Waals surface area contributed by atoms with Crippen LogP contribution in [0, 0.1) is 0 Å². The molecule has 1 aliphatic heterocycles. The van der Waals surface area contributed by atoms with Crippen molar-refractivity contribution in [2.75, 3.05) is 33.3 Å². The molecule has 1 saturated heterocycles. The second-order valence-electron chi connectivity index (χ2n) is 4.66. The number of ether oxygens (including phenoxy) is 1. The number of hydrogen-bond donors (Lipinski definition) is 0. The minimum absolute atomic E-state index is 0.155. The number of amides is 1. The standard InChI is InChI=1S/C13H24N2O3/c1-4-14(10-7-12(16)18-3)11(2)13(17)15-8-5-6-9-15/h11H,4-10H2,1-3H3. The van der Waals surface area contributed by atoms with Gasteiger partial charge >= 0.3 is 5.97 Å². The fraction of sp³-hybridized carbons (Fsp3) is 0.846. The van der Waals surface area contributed by atoms with Gasteiger partial charge in [0.05, 0.1) is 19.6 Å². The summed E-state index contributed by atoms with van der Waals surface area (Å²) < 4.78 is 4.62. The molecule has 1 amide bonds. The van der Waals surface area contributed by atoms with E-state index in [1.165, 1.54) is 7.11 Å². The summed E-state index contributed by atoms with van der Waals surface area (Å²) in [6.45, 7) is 7.00. The molecule has 0 radical (unpaired) electrons. The predicted molar refractivity (Wildman–Crippen MR) is 69.2 cm³/mol. The van der Waals surface area contributed by atoms with E-state index in [2.05, 4.69) is 4.74 Å². The Bertz CT molecular complexity index is 288. The topological polar surface area (TPSA) is 49.9 Å². The summed E-state index contributed by atoms with van der Waals surface area (Å²) in [6, 6.07) is -0.155. The van der Waals surface area contributed by atoms with Gasteiger partial charge in [-0.2, -0.15) is 0 Å². The molecule has 18 heavy (non-hydrogen) atoms. The van der Waals surface area contributed by atoms with E-state index in [-0.39, 0.29) is 17.9 Å². The van der Waals surface area contributed by atoms with Crippen LogP contribution in [0.15, 0.2) is 0 Å². The summed E-state index contributed by atoms with van der Waals surface area (Å²) in [6.07, 6.45) is 2.54. The summed E-state index contributed by atoms with van der Waals surface area (Å²) in [5.74, 6) is -0.0477. The molecule has 104 valence electrons. The highest BCUT2D eigenvalue weighted by atomic mass is 16.5. The van der Waals surface area contributed by atoms with Crippen LogP contribution in [-0.4, -0.2) is 61.0 Å². The Kier molecular flexibility index (Phi) is 6.12. The van der Waals surface area contributed by atoms with Crippen LogP contribution in [0.25, 0.3) is 0 Å². The van der Waals surface area contributed by atoms with E-state index < -0.39 is 0 Å². The molecule has 0 aromatic carbocycles. The molecule has 0 N–H and O–H groups in total. The average Bonchev–Trinajstić information content (AvgIpc) is 2.91. The lowest BCUT2D eigenvalue weighted by Crippen LogP contribution is -2.46. The fourth-order valence-corrected chi connectivity index (χ4v) is 2.32. The minimum atomic E-state index is -0.228. The number of likely N-dealkylation sites (tertiary alicyclic amines) is 1. The first kappa shape index (κ1) is 15.0. The largest absolute Gasteiger partial charge is 0.469 e. The molecule has 1 rings (SSSR count). The van der Waals surface area contributed by atoms with Gasteiger partial charge in [-0.1, -0.05) is 6.92 Å². The third-order valence-electron chi connectivity index (χ3n) is 3.56. The molecule has 1 heterocycles. The van der Waals surface area contributed by atoms with Gasteiger partial charge in [-0.3, -0.25) is 14.5 Å². The van der Waals surface area contributed by atoms with Crippen LogP contribution < -0.4 is 0 Å². The van der Waals surface area contributed by atoms with E-state index >= 15 is 0 Å². The number of carbonyl (C=O) groups excluding carboxylic acids is 2. The van der Waals surface area contributed by atoms with Gasteiger partial charge in [0.2, 0.25) is 5.91 Å². The highest BCUT2D eigenvalue weighted by Crippen LogP contribution is 2.12. The Morgan fingerprint density at radius 3 is 2.44 bits per heavy atom. The van der Waals surface area contributed by atoms with Crippen LogP contribution in [0.3, 0.4) is 0 Å². The maximum Gasteiger partial charge on any atom is 0.306 e. The van der Waals surface area contributed by atoms with Gasteiger partial charge in [0.1, 0.15) is 0 Å². The van der Waals surface area contributed by atoms with E-state index in [0.29, 0.717) is 13.0 Å². The van der Waals surface area contributed by atoms with E-state index in [0.717, 1.165) is 32.5 Å². The molecule has 5 nitrogen and oxygen atoms in total. The van der Waals surface area contributed by atoms with Crippen LogP contribution in [-0.2, 0) is 14.3 Å². The molecule has 0 saturated carbocycles. The number of esters is 1. The SMILES string of the molecule is CCN(CCC(=O)OC)C(C)C(=O)N1CCCC1. The lowest BCUT2D eigenvalue weighted by Gasteiger charge is -2.29. The third kappa shape index (κ3) is 3.98. The zero-order chi connectivity index (χ0) is 13.5. The van der Waals surface area contributed by atoms with Crippen molar-refractivity contribution in [2.45, 2.75) is 39.2 Å². The molecule has 1 aliphatic rings. The first-order valence-corrected chi connectivity index (χ1v) is 6.69. The molecule has 0 aliphatic carbocycles. The number of likely N-dealkylation sites (N-methyl/N-ethyl adjacent to an activating group) is 1. The van der Waals surface area contributed by atoms with Gasteiger partial charge in [-0.15, -0.1) is 0 Å². The summed E-state index contributed by atoms with van der Waals surface area (Å²) in [7, 11) is 1.39. The van der Waals surface area contributed by atoms with Crippen LogP contribution in [0.5, 0.6) is 0 Å². The smallest absolute Gasteiger partial charge is 0.306 e. The molecule has 0 aromatic heterocycles. The summed E-state index contributed by atoms with van der Waals surface area (Å²) in [5, 5.41) is 0. The van der Waals surface area contributed by atoms with Gasteiger partial charge in [0.15, 0.2) is 0 Å². The Labute approximate surface area is 109 Å². The van der Waals surface area contributed by atoms with E-state index in [9.17, 15) is 9.59 Å². The minimum Gasteiger partial charge on any atom is -0.469 e. The molecule has 0 bridgehead atoms. The molecular weight excluding hydrogens is 232 g/mol. The van der Waals surface area contributed by atoms with E-state index in [1.807, 2.05) is 23.6 Å². The lowest BCUT2D eigenvalue weighted by molar-refractivity contribution is -0.142. The fourth-order valence-electron chi connectivity index (χ4n) is 2.32. The van der Waals surface area contributed by atoms with Crippen molar-refractivity contribution in [3.05, 3.63) is 0 Å². The summed E-state index contributed by atoms with van der Waals surface area (Å²) >= 11 is 0. The van der Waals surface area contributed by atoms with E-state index in [4.69, 9.17) is 0 Å².